The average molecular weight is 531 g/mol. The molecule has 10 nitrogen and oxygen atoms in total. The van der Waals surface area contributed by atoms with Crippen LogP contribution in [0.2, 0.25) is 0 Å². The average Bonchev–Trinajstić information content (AvgIpc) is 3.35. The zero-order valence-corrected chi connectivity index (χ0v) is 20.6. The number of nitrogens with one attached hydrogen (secondary N) is 3. The number of alkyl halides is 3. The van der Waals surface area contributed by atoms with Crippen LogP contribution in [0.5, 0.6) is 5.75 Å². The molecule has 0 spiro atoms. The number of hydrogen-bond acceptors (Lipinski definition) is 8. The maximum atomic E-state index is 12.4. The molecule has 0 saturated heterocycles. The van der Waals surface area contributed by atoms with Crippen LogP contribution in [-0.2, 0) is 11.2 Å². The number of H-pyrrole nitrogens is 1. The summed E-state index contributed by atoms with van der Waals surface area (Å²) >= 11 is 0. The highest BCUT2D eigenvalue weighted by Gasteiger charge is 2.31. The molecule has 0 aliphatic rings. The molecule has 2 aromatic heterocycles. The number of hydrogen-bond donors (Lipinski definition) is 3. The van der Waals surface area contributed by atoms with Crippen LogP contribution in [0, 0.1) is 5.41 Å². The molecular formula is C25H25F3N6O4. The smallest absolute Gasteiger partial charge is 0.406 e. The third-order valence-corrected chi connectivity index (χ3v) is 5.57. The summed E-state index contributed by atoms with van der Waals surface area (Å²) < 4.78 is 45.9. The van der Waals surface area contributed by atoms with Gasteiger partial charge in [-0.1, -0.05) is 37.2 Å². The quantitative estimate of drug-likeness (QED) is 0.279. The zero-order chi connectivity index (χ0) is 27.3. The monoisotopic (exact) mass is 530 g/mol. The van der Waals surface area contributed by atoms with Crippen molar-refractivity contribution in [3.63, 3.8) is 0 Å². The van der Waals surface area contributed by atoms with E-state index in [0.717, 1.165) is 12.1 Å². The van der Waals surface area contributed by atoms with Crippen LogP contribution in [0.1, 0.15) is 26.2 Å². The van der Waals surface area contributed by atoms with E-state index in [2.05, 4.69) is 35.7 Å². The lowest BCUT2D eigenvalue weighted by Gasteiger charge is -2.25. The molecule has 0 atom stereocenters. The second-order valence-electron chi connectivity index (χ2n) is 9.33. The van der Waals surface area contributed by atoms with Gasteiger partial charge in [-0.2, -0.15) is 10.1 Å². The van der Waals surface area contributed by atoms with Gasteiger partial charge in [0.1, 0.15) is 5.75 Å². The maximum Gasteiger partial charge on any atom is 0.573 e. The van der Waals surface area contributed by atoms with Gasteiger partial charge in [0.05, 0.1) is 5.39 Å². The Hall–Kier alpha value is -4.42. The highest BCUT2D eigenvalue weighted by molar-refractivity contribution is 5.90. The van der Waals surface area contributed by atoms with Gasteiger partial charge in [0.2, 0.25) is 17.6 Å². The molecule has 0 radical (unpaired) electrons. The molecule has 4 rings (SSSR count). The molecule has 2 heterocycles. The number of benzene rings is 2. The van der Waals surface area contributed by atoms with Crippen LogP contribution < -0.4 is 20.9 Å². The van der Waals surface area contributed by atoms with Gasteiger partial charge in [0, 0.05) is 36.9 Å². The fourth-order valence-electron chi connectivity index (χ4n) is 3.56. The summed E-state index contributed by atoms with van der Waals surface area (Å²) in [7, 11) is 0. The summed E-state index contributed by atoms with van der Waals surface area (Å²) in [6.45, 7) is 4.81. The standard InChI is InChI=1S/C25H25F3N6O4/c1-24(2,14-30-22-17-5-3-4-6-18(17)23(36)33-32-22)13-29-19(35)11-12-20-31-21(34-38-20)15-7-9-16(10-8-15)37-25(26,27)28/h3-10H,11-14H2,1-2H3,(H,29,35)(H,30,32)(H,33,36). The van der Waals surface area contributed by atoms with E-state index in [1.54, 1.807) is 12.1 Å². The second kappa shape index (κ2) is 10.9. The Bertz CT molecular complexity index is 1460. The molecule has 200 valence electrons. The van der Waals surface area contributed by atoms with Gasteiger partial charge in [-0.15, -0.1) is 13.2 Å². The molecule has 3 N–H and O–H groups in total. The summed E-state index contributed by atoms with van der Waals surface area (Å²) in [6.07, 6.45) is -4.47. The highest BCUT2D eigenvalue weighted by Crippen LogP contribution is 2.25. The lowest BCUT2D eigenvalue weighted by molar-refractivity contribution is -0.274. The van der Waals surface area contributed by atoms with Gasteiger partial charge in [-0.3, -0.25) is 9.59 Å². The van der Waals surface area contributed by atoms with Crippen molar-refractivity contribution >= 4 is 22.5 Å². The first-order valence-corrected chi connectivity index (χ1v) is 11.7. The van der Waals surface area contributed by atoms with Gasteiger partial charge in [0.15, 0.2) is 5.82 Å². The topological polar surface area (TPSA) is 135 Å². The van der Waals surface area contributed by atoms with Crippen molar-refractivity contribution in [1.29, 1.82) is 0 Å². The fraction of sp³-hybridized carbons (Fsp3) is 0.320. The van der Waals surface area contributed by atoms with Crippen molar-refractivity contribution in [3.8, 4) is 17.1 Å². The minimum atomic E-state index is -4.78. The highest BCUT2D eigenvalue weighted by atomic mass is 19.4. The number of carbonyl (C=O) groups excluding carboxylic acids is 1. The molecule has 4 aromatic rings. The molecule has 2 aromatic carbocycles. The summed E-state index contributed by atoms with van der Waals surface area (Å²) in [6, 6.07) is 12.2. The number of fused-ring (bicyclic) bond motifs is 1. The zero-order valence-electron chi connectivity index (χ0n) is 20.6. The van der Waals surface area contributed by atoms with Gasteiger partial charge in [-0.25, -0.2) is 5.10 Å². The number of halogens is 3. The van der Waals surface area contributed by atoms with Gasteiger partial charge in [-0.05, 0) is 35.7 Å². The van der Waals surface area contributed by atoms with Gasteiger partial charge < -0.3 is 19.9 Å². The molecule has 0 aliphatic carbocycles. The molecule has 0 fully saturated rings. The normalized spacial score (nSPS) is 11.9. The predicted octanol–water partition coefficient (Wildman–Crippen LogP) is 4.06. The summed E-state index contributed by atoms with van der Waals surface area (Å²) in [5, 5.41) is 17.8. The largest absolute Gasteiger partial charge is 0.573 e. The lowest BCUT2D eigenvalue weighted by atomic mass is 9.93. The van der Waals surface area contributed by atoms with E-state index < -0.39 is 6.36 Å². The Morgan fingerprint density at radius 1 is 1.05 bits per heavy atom. The van der Waals surface area contributed by atoms with E-state index in [-0.39, 0.29) is 47.2 Å². The number of anilines is 1. The van der Waals surface area contributed by atoms with Crippen LogP contribution in [0.15, 0.2) is 57.8 Å². The van der Waals surface area contributed by atoms with Crippen molar-refractivity contribution in [1.82, 2.24) is 25.7 Å². The lowest BCUT2D eigenvalue weighted by Crippen LogP contribution is -2.38. The molecule has 13 heteroatoms. The van der Waals surface area contributed by atoms with Crippen molar-refractivity contribution in [2.24, 2.45) is 5.41 Å². The molecular weight excluding hydrogens is 505 g/mol. The van der Waals surface area contributed by atoms with Crippen LogP contribution in [-0.4, -0.2) is 45.7 Å². The van der Waals surface area contributed by atoms with Crippen LogP contribution in [0.3, 0.4) is 0 Å². The van der Waals surface area contributed by atoms with Crippen molar-refractivity contribution < 1.29 is 27.2 Å². The summed E-state index contributed by atoms with van der Waals surface area (Å²) in [5.74, 6) is 0.397. The predicted molar refractivity (Wildman–Crippen MR) is 132 cm³/mol. The van der Waals surface area contributed by atoms with Gasteiger partial charge >= 0.3 is 6.36 Å². The van der Waals surface area contributed by atoms with E-state index in [1.807, 2.05) is 26.0 Å². The van der Waals surface area contributed by atoms with Crippen molar-refractivity contribution in [2.45, 2.75) is 33.1 Å². The summed E-state index contributed by atoms with van der Waals surface area (Å²) in [5.41, 5.74) is -0.161. The maximum absolute atomic E-state index is 12.4. The number of rotatable bonds is 10. The first-order chi connectivity index (χ1) is 18.0. The number of aromatic nitrogens is 4. The molecule has 1 amide bonds. The van der Waals surface area contributed by atoms with E-state index >= 15 is 0 Å². The third kappa shape index (κ3) is 7.08. The van der Waals surface area contributed by atoms with E-state index in [1.165, 1.54) is 12.1 Å². The molecule has 0 bridgehead atoms. The minimum absolute atomic E-state index is 0.107. The number of aryl methyl sites for hydroxylation is 1. The van der Waals surface area contributed by atoms with Gasteiger partial charge in [0.25, 0.3) is 5.56 Å². The summed E-state index contributed by atoms with van der Waals surface area (Å²) in [4.78, 5) is 28.5. The number of nitrogens with zero attached hydrogens (tertiary/aromatic N) is 3. The van der Waals surface area contributed by atoms with Crippen LogP contribution in [0.25, 0.3) is 22.2 Å². The van der Waals surface area contributed by atoms with Crippen LogP contribution >= 0.6 is 0 Å². The fourth-order valence-corrected chi connectivity index (χ4v) is 3.56. The number of ether oxygens (including phenoxy) is 1. The molecule has 0 saturated carbocycles. The Morgan fingerprint density at radius 3 is 2.47 bits per heavy atom. The number of carbonyl (C=O) groups is 1. The molecule has 0 aliphatic heterocycles. The minimum Gasteiger partial charge on any atom is -0.406 e. The number of aromatic amines is 1. The Labute approximate surface area is 214 Å². The Morgan fingerprint density at radius 2 is 1.76 bits per heavy atom. The van der Waals surface area contributed by atoms with Crippen molar-refractivity contribution in [2.75, 3.05) is 18.4 Å². The van der Waals surface area contributed by atoms with E-state index in [4.69, 9.17) is 4.52 Å². The SMILES string of the molecule is CC(C)(CNC(=O)CCc1nc(-c2ccc(OC(F)(F)F)cc2)no1)CNc1n[nH]c(=O)c2ccccc12. The first-order valence-electron chi connectivity index (χ1n) is 11.7. The van der Waals surface area contributed by atoms with Crippen LogP contribution in [0.4, 0.5) is 19.0 Å². The first kappa shape index (κ1) is 26.6. The van der Waals surface area contributed by atoms with E-state index in [0.29, 0.717) is 35.2 Å². The second-order valence-corrected chi connectivity index (χ2v) is 9.33. The third-order valence-electron chi connectivity index (χ3n) is 5.57. The van der Waals surface area contributed by atoms with E-state index in [9.17, 15) is 22.8 Å². The number of amides is 1. The van der Waals surface area contributed by atoms with Crippen molar-refractivity contribution in [3.05, 3.63) is 64.8 Å². The Kier molecular flexibility index (Phi) is 7.65. The Balaban J connectivity index is 1.25. The molecule has 38 heavy (non-hydrogen) atoms. The molecule has 0 unspecified atom stereocenters.